The van der Waals surface area contributed by atoms with Gasteiger partial charge in [-0.2, -0.15) is 0 Å². The zero-order valence-corrected chi connectivity index (χ0v) is 21.7. The Morgan fingerprint density at radius 3 is 2.05 bits per heavy atom. The van der Waals surface area contributed by atoms with E-state index in [-0.39, 0.29) is 18.4 Å². The third-order valence-corrected chi connectivity index (χ3v) is 6.07. The largest absolute Gasteiger partial charge is 0.483 e. The Morgan fingerprint density at radius 2 is 1.38 bits per heavy atom. The SMILES string of the molecule is CC(C)(C)NC(=O)[C@@H](Cc1ccccc1)N(Cc1ccccc1)C(=O)COc1cccc2ccccc12. The van der Waals surface area contributed by atoms with E-state index in [0.717, 1.165) is 21.9 Å². The lowest BCUT2D eigenvalue weighted by atomic mass is 10.0. The first kappa shape index (κ1) is 26.0. The van der Waals surface area contributed by atoms with E-state index < -0.39 is 11.6 Å². The van der Waals surface area contributed by atoms with Crippen molar-refractivity contribution >= 4 is 22.6 Å². The fourth-order valence-electron chi connectivity index (χ4n) is 4.33. The van der Waals surface area contributed by atoms with Gasteiger partial charge in [-0.1, -0.05) is 97.1 Å². The predicted octanol–water partition coefficient (Wildman–Crippen LogP) is 5.77. The van der Waals surface area contributed by atoms with Crippen LogP contribution < -0.4 is 10.1 Å². The Balaban J connectivity index is 1.64. The number of hydrogen-bond donors (Lipinski definition) is 1. The van der Waals surface area contributed by atoms with Gasteiger partial charge in [0.2, 0.25) is 5.91 Å². The second-order valence-corrected chi connectivity index (χ2v) is 10.2. The van der Waals surface area contributed by atoms with Gasteiger partial charge in [0, 0.05) is 23.9 Å². The summed E-state index contributed by atoms with van der Waals surface area (Å²) in [6.45, 7) is 5.95. The molecule has 0 saturated heterocycles. The summed E-state index contributed by atoms with van der Waals surface area (Å²) >= 11 is 0. The number of ether oxygens (including phenoxy) is 1. The number of nitrogens with zero attached hydrogens (tertiary/aromatic N) is 1. The van der Waals surface area contributed by atoms with Crippen LogP contribution in [-0.2, 0) is 22.6 Å². The van der Waals surface area contributed by atoms with Crippen LogP contribution in [0.15, 0.2) is 103 Å². The molecule has 0 unspecified atom stereocenters. The van der Waals surface area contributed by atoms with E-state index >= 15 is 0 Å². The van der Waals surface area contributed by atoms with Crippen LogP contribution >= 0.6 is 0 Å². The molecule has 190 valence electrons. The van der Waals surface area contributed by atoms with Crippen LogP contribution in [0.5, 0.6) is 5.75 Å². The second kappa shape index (κ2) is 11.7. The van der Waals surface area contributed by atoms with Gasteiger partial charge in [0.05, 0.1) is 0 Å². The Morgan fingerprint density at radius 1 is 0.784 bits per heavy atom. The van der Waals surface area contributed by atoms with Crippen molar-refractivity contribution in [2.45, 2.75) is 45.3 Å². The van der Waals surface area contributed by atoms with Gasteiger partial charge in [0.15, 0.2) is 6.61 Å². The van der Waals surface area contributed by atoms with Gasteiger partial charge in [0.1, 0.15) is 11.8 Å². The standard InChI is InChI=1S/C32H34N2O3/c1-32(2,3)33-31(36)28(21-24-13-6-4-7-14-24)34(22-25-15-8-5-9-16-25)30(35)23-37-29-20-12-18-26-17-10-11-19-27(26)29/h4-20,28H,21-23H2,1-3H3,(H,33,36)/t28-/m1/s1. The van der Waals surface area contributed by atoms with Gasteiger partial charge in [-0.15, -0.1) is 0 Å². The average molecular weight is 495 g/mol. The van der Waals surface area contributed by atoms with Gasteiger partial charge in [-0.05, 0) is 43.4 Å². The molecule has 0 radical (unpaired) electrons. The highest BCUT2D eigenvalue weighted by molar-refractivity contribution is 5.90. The lowest BCUT2D eigenvalue weighted by Crippen LogP contribution is -2.55. The third kappa shape index (κ3) is 7.20. The highest BCUT2D eigenvalue weighted by atomic mass is 16.5. The Hall–Kier alpha value is -4.12. The minimum Gasteiger partial charge on any atom is -0.483 e. The molecule has 0 spiro atoms. The first-order valence-electron chi connectivity index (χ1n) is 12.6. The summed E-state index contributed by atoms with van der Waals surface area (Å²) in [7, 11) is 0. The molecule has 0 heterocycles. The Kier molecular flexibility index (Phi) is 8.24. The minimum absolute atomic E-state index is 0.172. The van der Waals surface area contributed by atoms with E-state index in [2.05, 4.69) is 5.32 Å². The molecular weight excluding hydrogens is 460 g/mol. The van der Waals surface area contributed by atoms with Gasteiger partial charge >= 0.3 is 0 Å². The first-order valence-corrected chi connectivity index (χ1v) is 12.6. The highest BCUT2D eigenvalue weighted by Crippen LogP contribution is 2.25. The van der Waals surface area contributed by atoms with Crippen molar-refractivity contribution in [1.82, 2.24) is 10.2 Å². The molecular formula is C32H34N2O3. The maximum absolute atomic E-state index is 13.8. The molecule has 4 aromatic rings. The van der Waals surface area contributed by atoms with Crippen molar-refractivity contribution in [2.75, 3.05) is 6.61 Å². The van der Waals surface area contributed by atoms with Crippen LogP contribution in [0.3, 0.4) is 0 Å². The summed E-state index contributed by atoms with van der Waals surface area (Å²) in [5.74, 6) is 0.206. The highest BCUT2D eigenvalue weighted by Gasteiger charge is 2.32. The van der Waals surface area contributed by atoms with Crippen molar-refractivity contribution in [3.63, 3.8) is 0 Å². The number of benzene rings is 4. The van der Waals surface area contributed by atoms with Crippen molar-refractivity contribution in [3.05, 3.63) is 114 Å². The van der Waals surface area contributed by atoms with Crippen LogP contribution in [-0.4, -0.2) is 34.9 Å². The molecule has 0 bridgehead atoms. The fourth-order valence-corrected chi connectivity index (χ4v) is 4.33. The molecule has 5 nitrogen and oxygen atoms in total. The molecule has 4 aromatic carbocycles. The van der Waals surface area contributed by atoms with Crippen molar-refractivity contribution < 1.29 is 14.3 Å². The molecule has 1 N–H and O–H groups in total. The van der Waals surface area contributed by atoms with Gasteiger partial charge < -0.3 is 15.0 Å². The molecule has 2 amide bonds. The number of fused-ring (bicyclic) bond motifs is 1. The van der Waals surface area contributed by atoms with Crippen LogP contribution in [0.2, 0.25) is 0 Å². The van der Waals surface area contributed by atoms with E-state index in [4.69, 9.17) is 4.74 Å². The molecule has 0 fully saturated rings. The fraction of sp³-hybridized carbons (Fsp3) is 0.250. The van der Waals surface area contributed by atoms with Gasteiger partial charge in [-0.3, -0.25) is 9.59 Å². The van der Waals surface area contributed by atoms with E-state index in [1.807, 2.05) is 124 Å². The summed E-state index contributed by atoms with van der Waals surface area (Å²) < 4.78 is 6.06. The lowest BCUT2D eigenvalue weighted by Gasteiger charge is -2.33. The molecule has 37 heavy (non-hydrogen) atoms. The van der Waals surface area contributed by atoms with E-state index in [1.54, 1.807) is 4.90 Å². The minimum atomic E-state index is -0.703. The summed E-state index contributed by atoms with van der Waals surface area (Å²) in [4.78, 5) is 29.0. The van der Waals surface area contributed by atoms with Crippen LogP contribution in [0.1, 0.15) is 31.9 Å². The summed E-state index contributed by atoms with van der Waals surface area (Å²) in [5, 5.41) is 5.07. The molecule has 4 rings (SSSR count). The predicted molar refractivity (Wildman–Crippen MR) is 148 cm³/mol. The molecule has 1 atom stereocenters. The topological polar surface area (TPSA) is 58.6 Å². The Bertz CT molecular complexity index is 1330. The molecule has 0 saturated carbocycles. The first-order chi connectivity index (χ1) is 17.8. The molecule has 5 heteroatoms. The van der Waals surface area contributed by atoms with Crippen LogP contribution in [0, 0.1) is 0 Å². The van der Waals surface area contributed by atoms with E-state index in [0.29, 0.717) is 18.7 Å². The monoisotopic (exact) mass is 494 g/mol. The average Bonchev–Trinajstić information content (AvgIpc) is 2.89. The van der Waals surface area contributed by atoms with Crippen LogP contribution in [0.25, 0.3) is 10.8 Å². The van der Waals surface area contributed by atoms with E-state index in [9.17, 15) is 9.59 Å². The molecule has 0 aliphatic rings. The summed E-state index contributed by atoms with van der Waals surface area (Å²) in [5.41, 5.74) is 1.49. The number of carbonyl (C=O) groups excluding carboxylic acids is 2. The normalized spacial score (nSPS) is 12.1. The second-order valence-electron chi connectivity index (χ2n) is 10.2. The zero-order valence-electron chi connectivity index (χ0n) is 21.7. The summed E-state index contributed by atoms with van der Waals surface area (Å²) in [6, 6.07) is 32.5. The third-order valence-electron chi connectivity index (χ3n) is 6.07. The maximum atomic E-state index is 13.8. The Labute approximate surface area is 219 Å². The zero-order chi connectivity index (χ0) is 26.3. The van der Waals surface area contributed by atoms with Crippen molar-refractivity contribution in [3.8, 4) is 5.75 Å². The van der Waals surface area contributed by atoms with Crippen molar-refractivity contribution in [2.24, 2.45) is 0 Å². The van der Waals surface area contributed by atoms with Gasteiger partial charge in [-0.25, -0.2) is 0 Å². The number of rotatable bonds is 9. The molecule has 0 aliphatic carbocycles. The number of carbonyl (C=O) groups is 2. The maximum Gasteiger partial charge on any atom is 0.261 e. The quantitative estimate of drug-likeness (QED) is 0.321. The van der Waals surface area contributed by atoms with Crippen LogP contribution in [0.4, 0.5) is 0 Å². The smallest absolute Gasteiger partial charge is 0.261 e. The number of nitrogens with one attached hydrogen (secondary N) is 1. The van der Waals surface area contributed by atoms with E-state index in [1.165, 1.54) is 0 Å². The lowest BCUT2D eigenvalue weighted by molar-refractivity contribution is -0.143. The number of hydrogen-bond acceptors (Lipinski definition) is 3. The number of amides is 2. The molecule has 0 aromatic heterocycles. The molecule has 0 aliphatic heterocycles. The van der Waals surface area contributed by atoms with Gasteiger partial charge in [0.25, 0.3) is 5.91 Å². The summed E-state index contributed by atoms with van der Waals surface area (Å²) in [6.07, 6.45) is 0.398. The van der Waals surface area contributed by atoms with Crippen molar-refractivity contribution in [1.29, 1.82) is 0 Å².